The molecular weight excluding hydrogens is 240 g/mol. The van der Waals surface area contributed by atoms with Gasteiger partial charge in [0.2, 0.25) is 0 Å². The van der Waals surface area contributed by atoms with Gasteiger partial charge in [-0.1, -0.05) is 0 Å². The molecule has 1 fully saturated rings. The zero-order valence-electron chi connectivity index (χ0n) is 11.0. The minimum Gasteiger partial charge on any atom is -0.399 e. The Kier molecular flexibility index (Phi) is 3.91. The van der Waals surface area contributed by atoms with Crippen molar-refractivity contribution in [2.75, 3.05) is 24.2 Å². The van der Waals surface area contributed by atoms with Gasteiger partial charge in [0.25, 0.3) is 5.91 Å². The van der Waals surface area contributed by atoms with Crippen molar-refractivity contribution in [1.82, 2.24) is 5.32 Å². The van der Waals surface area contributed by atoms with Crippen molar-refractivity contribution in [3.8, 4) is 6.07 Å². The van der Waals surface area contributed by atoms with Crippen LogP contribution in [-0.2, 0) is 0 Å². The molecule has 5 nitrogen and oxygen atoms in total. The highest BCUT2D eigenvalue weighted by atomic mass is 16.1. The fraction of sp³-hybridized carbons (Fsp3) is 0.429. The van der Waals surface area contributed by atoms with Crippen molar-refractivity contribution in [3.63, 3.8) is 0 Å². The summed E-state index contributed by atoms with van der Waals surface area (Å²) in [4.78, 5) is 14.1. The van der Waals surface area contributed by atoms with Crippen LogP contribution in [-0.4, -0.2) is 25.5 Å². The number of carbonyl (C=O) groups excluding carboxylic acids is 1. The summed E-state index contributed by atoms with van der Waals surface area (Å²) in [6.45, 7) is 0.634. The SMILES string of the molecule is CNC(=O)c1ccc(N)cc1N(CCC#N)C1CC1. The van der Waals surface area contributed by atoms with Crippen molar-refractivity contribution in [3.05, 3.63) is 23.8 Å². The van der Waals surface area contributed by atoms with E-state index in [0.29, 0.717) is 30.3 Å². The highest BCUT2D eigenvalue weighted by Gasteiger charge is 2.31. The monoisotopic (exact) mass is 258 g/mol. The summed E-state index contributed by atoms with van der Waals surface area (Å²) in [5, 5.41) is 11.4. The number of hydrogen-bond donors (Lipinski definition) is 2. The lowest BCUT2D eigenvalue weighted by Crippen LogP contribution is -2.30. The third-order valence-corrected chi connectivity index (χ3v) is 3.26. The first-order chi connectivity index (χ1) is 9.17. The summed E-state index contributed by atoms with van der Waals surface area (Å²) >= 11 is 0. The molecule has 0 saturated heterocycles. The first kappa shape index (κ1) is 13.2. The van der Waals surface area contributed by atoms with Crippen molar-refractivity contribution in [2.24, 2.45) is 0 Å². The maximum atomic E-state index is 11.9. The lowest BCUT2D eigenvalue weighted by atomic mass is 10.1. The molecule has 0 atom stereocenters. The second-order valence-electron chi connectivity index (χ2n) is 4.69. The molecule has 0 aromatic heterocycles. The van der Waals surface area contributed by atoms with Gasteiger partial charge >= 0.3 is 0 Å². The van der Waals surface area contributed by atoms with E-state index in [1.807, 2.05) is 6.07 Å². The Morgan fingerprint density at radius 2 is 2.32 bits per heavy atom. The maximum Gasteiger partial charge on any atom is 0.253 e. The second kappa shape index (κ2) is 5.61. The number of nitrogen functional groups attached to an aromatic ring is 1. The van der Waals surface area contributed by atoms with E-state index in [1.54, 1.807) is 19.2 Å². The van der Waals surface area contributed by atoms with Gasteiger partial charge in [-0.25, -0.2) is 0 Å². The number of hydrogen-bond acceptors (Lipinski definition) is 4. The quantitative estimate of drug-likeness (QED) is 0.784. The molecule has 1 saturated carbocycles. The Hall–Kier alpha value is -2.22. The molecular formula is C14H18N4O. The average Bonchev–Trinajstić information content (AvgIpc) is 3.23. The number of carbonyl (C=O) groups is 1. The third kappa shape index (κ3) is 2.97. The highest BCUT2D eigenvalue weighted by Crippen LogP contribution is 2.34. The summed E-state index contributed by atoms with van der Waals surface area (Å²) in [5.41, 5.74) is 7.91. The molecule has 1 aliphatic rings. The second-order valence-corrected chi connectivity index (χ2v) is 4.69. The van der Waals surface area contributed by atoms with Crippen LogP contribution >= 0.6 is 0 Å². The van der Waals surface area contributed by atoms with Gasteiger partial charge in [-0.05, 0) is 31.0 Å². The van der Waals surface area contributed by atoms with E-state index in [1.165, 1.54) is 0 Å². The fourth-order valence-corrected chi connectivity index (χ4v) is 2.17. The molecule has 19 heavy (non-hydrogen) atoms. The van der Waals surface area contributed by atoms with Crippen LogP contribution in [0.4, 0.5) is 11.4 Å². The molecule has 0 bridgehead atoms. The lowest BCUT2D eigenvalue weighted by molar-refractivity contribution is 0.0963. The van der Waals surface area contributed by atoms with Gasteiger partial charge in [-0.15, -0.1) is 0 Å². The van der Waals surface area contributed by atoms with Crippen molar-refractivity contribution >= 4 is 17.3 Å². The van der Waals surface area contributed by atoms with E-state index in [0.717, 1.165) is 18.5 Å². The number of nitrogens with zero attached hydrogens (tertiary/aromatic N) is 2. The summed E-state index contributed by atoms with van der Waals surface area (Å²) in [6.07, 6.45) is 2.65. The minimum absolute atomic E-state index is 0.127. The number of benzene rings is 1. The van der Waals surface area contributed by atoms with E-state index < -0.39 is 0 Å². The summed E-state index contributed by atoms with van der Waals surface area (Å²) in [7, 11) is 1.61. The number of amides is 1. The fourth-order valence-electron chi connectivity index (χ4n) is 2.17. The summed E-state index contributed by atoms with van der Waals surface area (Å²) in [5.74, 6) is -0.127. The lowest BCUT2D eigenvalue weighted by Gasteiger charge is -2.26. The van der Waals surface area contributed by atoms with Crippen LogP contribution in [0.2, 0.25) is 0 Å². The van der Waals surface area contributed by atoms with Crippen molar-refractivity contribution in [1.29, 1.82) is 5.26 Å². The van der Waals surface area contributed by atoms with E-state index in [4.69, 9.17) is 11.0 Å². The van der Waals surface area contributed by atoms with Crippen molar-refractivity contribution < 1.29 is 4.79 Å². The van der Waals surface area contributed by atoms with Crippen LogP contribution < -0.4 is 16.0 Å². The number of nitrogens with two attached hydrogens (primary N) is 1. The molecule has 5 heteroatoms. The molecule has 0 unspecified atom stereocenters. The molecule has 0 aliphatic heterocycles. The Balaban J connectivity index is 2.36. The van der Waals surface area contributed by atoms with E-state index in [-0.39, 0.29) is 5.91 Å². The molecule has 1 aromatic carbocycles. The van der Waals surface area contributed by atoms with E-state index in [9.17, 15) is 4.79 Å². The number of nitriles is 1. The van der Waals surface area contributed by atoms with Gasteiger partial charge < -0.3 is 16.0 Å². The smallest absolute Gasteiger partial charge is 0.253 e. The zero-order chi connectivity index (χ0) is 13.8. The summed E-state index contributed by atoms with van der Waals surface area (Å²) < 4.78 is 0. The summed E-state index contributed by atoms with van der Waals surface area (Å²) in [6, 6.07) is 7.87. The first-order valence-corrected chi connectivity index (χ1v) is 6.42. The minimum atomic E-state index is -0.127. The van der Waals surface area contributed by atoms with Crippen LogP contribution in [0.15, 0.2) is 18.2 Å². The Bertz CT molecular complexity index is 517. The molecule has 2 rings (SSSR count). The molecule has 1 aromatic rings. The molecule has 0 spiro atoms. The molecule has 100 valence electrons. The molecule has 1 amide bonds. The molecule has 1 aliphatic carbocycles. The largest absolute Gasteiger partial charge is 0.399 e. The topological polar surface area (TPSA) is 82.2 Å². The van der Waals surface area contributed by atoms with Gasteiger partial charge in [0, 0.05) is 25.3 Å². The van der Waals surface area contributed by atoms with Gasteiger partial charge in [-0.2, -0.15) is 5.26 Å². The maximum absolute atomic E-state index is 11.9. The highest BCUT2D eigenvalue weighted by molar-refractivity contribution is 6.00. The Labute approximate surface area is 113 Å². The van der Waals surface area contributed by atoms with Gasteiger partial charge in [0.15, 0.2) is 0 Å². The molecule has 0 heterocycles. The van der Waals surface area contributed by atoms with E-state index in [2.05, 4.69) is 16.3 Å². The zero-order valence-corrected chi connectivity index (χ0v) is 11.0. The predicted octanol–water partition coefficient (Wildman–Crippen LogP) is 1.51. The van der Waals surface area contributed by atoms with Crippen molar-refractivity contribution in [2.45, 2.75) is 25.3 Å². The van der Waals surface area contributed by atoms with Gasteiger partial charge in [0.05, 0.1) is 23.7 Å². The van der Waals surface area contributed by atoms with Crippen LogP contribution in [0.5, 0.6) is 0 Å². The van der Waals surface area contributed by atoms with Crippen LogP contribution in [0, 0.1) is 11.3 Å². The van der Waals surface area contributed by atoms with Gasteiger partial charge in [0.1, 0.15) is 0 Å². The Morgan fingerprint density at radius 3 is 2.89 bits per heavy atom. The van der Waals surface area contributed by atoms with Crippen LogP contribution in [0.25, 0.3) is 0 Å². The third-order valence-electron chi connectivity index (χ3n) is 3.26. The molecule has 0 radical (unpaired) electrons. The Morgan fingerprint density at radius 1 is 1.58 bits per heavy atom. The number of nitrogens with one attached hydrogen (secondary N) is 1. The number of rotatable bonds is 5. The van der Waals surface area contributed by atoms with Crippen LogP contribution in [0.3, 0.4) is 0 Å². The average molecular weight is 258 g/mol. The van der Waals surface area contributed by atoms with Gasteiger partial charge in [-0.3, -0.25) is 4.79 Å². The first-order valence-electron chi connectivity index (χ1n) is 6.42. The predicted molar refractivity (Wildman–Crippen MR) is 74.8 cm³/mol. The number of anilines is 2. The van der Waals surface area contributed by atoms with Crippen LogP contribution in [0.1, 0.15) is 29.6 Å². The molecule has 3 N–H and O–H groups in total. The van der Waals surface area contributed by atoms with E-state index >= 15 is 0 Å². The normalized spacial score (nSPS) is 13.7. The standard InChI is InChI=1S/C14H18N4O/c1-17-14(19)12-6-3-10(16)9-13(12)18(8-2-7-15)11-4-5-11/h3,6,9,11H,2,4-5,8,16H2,1H3,(H,17,19).